The number of hydrogen-bond acceptors (Lipinski definition) is 4. The number of aromatic hydroxyl groups is 1. The molecular formula is C15H18N2O3S. The smallest absolute Gasteiger partial charge is 0.238 e. The van der Waals surface area contributed by atoms with Crippen LogP contribution in [0.15, 0.2) is 41.3 Å². The number of primary sulfonamides is 1. The van der Waals surface area contributed by atoms with Gasteiger partial charge in [-0.3, -0.25) is 0 Å². The molecule has 0 aliphatic rings. The molecule has 0 aliphatic heterocycles. The first kappa shape index (κ1) is 15.3. The first-order valence-corrected chi connectivity index (χ1v) is 7.98. The molecule has 0 fully saturated rings. The lowest BCUT2D eigenvalue weighted by atomic mass is 10.1. The van der Waals surface area contributed by atoms with Crippen LogP contribution >= 0.6 is 0 Å². The summed E-state index contributed by atoms with van der Waals surface area (Å²) in [7, 11) is -3.70. The summed E-state index contributed by atoms with van der Waals surface area (Å²) in [5.41, 5.74) is 3.30. The van der Waals surface area contributed by atoms with E-state index in [1.807, 2.05) is 26.0 Å². The third-order valence-corrected chi connectivity index (χ3v) is 4.12. The molecule has 21 heavy (non-hydrogen) atoms. The summed E-state index contributed by atoms with van der Waals surface area (Å²) in [6.07, 6.45) is 0. The van der Waals surface area contributed by atoms with Crippen molar-refractivity contribution in [1.82, 2.24) is 0 Å². The Kier molecular flexibility index (Phi) is 4.20. The first-order chi connectivity index (χ1) is 9.77. The fraction of sp³-hybridized carbons (Fsp3) is 0.200. The Morgan fingerprint density at radius 2 is 1.76 bits per heavy atom. The highest BCUT2D eigenvalue weighted by atomic mass is 32.2. The fourth-order valence-corrected chi connectivity index (χ4v) is 2.69. The SMILES string of the molecule is Cc1cc(CNc2cccc(S(N)(=O)=O)c2)cc(C)c1O. The number of benzene rings is 2. The van der Waals surface area contributed by atoms with E-state index >= 15 is 0 Å². The molecule has 0 bridgehead atoms. The lowest BCUT2D eigenvalue weighted by Crippen LogP contribution is -2.12. The van der Waals surface area contributed by atoms with Crippen LogP contribution in [-0.4, -0.2) is 13.5 Å². The maximum Gasteiger partial charge on any atom is 0.238 e. The molecule has 0 amide bonds. The molecule has 0 aliphatic carbocycles. The molecule has 0 atom stereocenters. The van der Waals surface area contributed by atoms with Crippen LogP contribution in [0.4, 0.5) is 5.69 Å². The van der Waals surface area contributed by atoms with Crippen LogP contribution in [0.2, 0.25) is 0 Å². The van der Waals surface area contributed by atoms with Gasteiger partial charge in [0.05, 0.1) is 4.90 Å². The average Bonchev–Trinajstić information content (AvgIpc) is 2.42. The van der Waals surface area contributed by atoms with Crippen molar-refractivity contribution in [2.75, 3.05) is 5.32 Å². The number of hydrogen-bond donors (Lipinski definition) is 3. The van der Waals surface area contributed by atoms with E-state index in [0.717, 1.165) is 16.7 Å². The van der Waals surface area contributed by atoms with Crippen LogP contribution in [0.1, 0.15) is 16.7 Å². The second-order valence-electron chi connectivity index (χ2n) is 5.00. The molecule has 2 aromatic carbocycles. The maximum atomic E-state index is 11.3. The van der Waals surface area contributed by atoms with Gasteiger partial charge in [0, 0.05) is 12.2 Å². The Bertz CT molecular complexity index is 747. The van der Waals surface area contributed by atoms with Gasteiger partial charge in [-0.25, -0.2) is 13.6 Å². The highest BCUT2D eigenvalue weighted by molar-refractivity contribution is 7.89. The van der Waals surface area contributed by atoms with Crippen LogP contribution < -0.4 is 10.5 Å². The van der Waals surface area contributed by atoms with E-state index in [4.69, 9.17) is 5.14 Å². The van der Waals surface area contributed by atoms with Crippen molar-refractivity contribution in [3.63, 3.8) is 0 Å². The van der Waals surface area contributed by atoms with E-state index in [9.17, 15) is 13.5 Å². The minimum absolute atomic E-state index is 0.0746. The first-order valence-electron chi connectivity index (χ1n) is 6.43. The largest absolute Gasteiger partial charge is 0.507 e. The molecule has 0 unspecified atom stereocenters. The summed E-state index contributed by atoms with van der Waals surface area (Å²) in [4.78, 5) is 0.0746. The molecule has 0 heterocycles. The number of sulfonamides is 1. The van der Waals surface area contributed by atoms with Gasteiger partial charge in [-0.05, 0) is 48.7 Å². The number of phenols is 1. The Balaban J connectivity index is 2.17. The topological polar surface area (TPSA) is 92.4 Å². The summed E-state index contributed by atoms with van der Waals surface area (Å²) in [5.74, 6) is 0.301. The zero-order chi connectivity index (χ0) is 15.6. The normalized spacial score (nSPS) is 11.4. The third kappa shape index (κ3) is 3.74. The average molecular weight is 306 g/mol. The lowest BCUT2D eigenvalue weighted by Gasteiger charge is -2.11. The van der Waals surface area contributed by atoms with Gasteiger partial charge in [-0.15, -0.1) is 0 Å². The second kappa shape index (κ2) is 5.75. The van der Waals surface area contributed by atoms with Gasteiger partial charge < -0.3 is 10.4 Å². The minimum atomic E-state index is -3.70. The molecule has 2 rings (SSSR count). The van der Waals surface area contributed by atoms with Crippen molar-refractivity contribution in [3.05, 3.63) is 53.1 Å². The number of nitrogens with two attached hydrogens (primary N) is 1. The number of aryl methyl sites for hydroxylation is 2. The summed E-state index contributed by atoms with van der Waals surface area (Å²) >= 11 is 0. The van der Waals surface area contributed by atoms with Gasteiger partial charge in [-0.1, -0.05) is 18.2 Å². The molecule has 4 N–H and O–H groups in total. The van der Waals surface area contributed by atoms with Crippen molar-refractivity contribution in [3.8, 4) is 5.75 Å². The van der Waals surface area contributed by atoms with E-state index in [-0.39, 0.29) is 4.90 Å². The maximum absolute atomic E-state index is 11.3. The predicted octanol–water partition coefficient (Wildman–Crippen LogP) is 2.27. The van der Waals surface area contributed by atoms with Crippen LogP contribution in [0.25, 0.3) is 0 Å². The predicted molar refractivity (Wildman–Crippen MR) is 82.7 cm³/mol. The Hall–Kier alpha value is -2.05. The quantitative estimate of drug-likeness (QED) is 0.808. The summed E-state index contributed by atoms with van der Waals surface area (Å²) in [6, 6.07) is 10.1. The van der Waals surface area contributed by atoms with Crippen molar-refractivity contribution in [2.45, 2.75) is 25.3 Å². The summed E-state index contributed by atoms with van der Waals surface area (Å²) in [6.45, 7) is 4.21. The second-order valence-corrected chi connectivity index (χ2v) is 6.57. The molecule has 0 aromatic heterocycles. The zero-order valence-electron chi connectivity index (χ0n) is 11.9. The van der Waals surface area contributed by atoms with Gasteiger partial charge in [0.1, 0.15) is 5.75 Å². The van der Waals surface area contributed by atoms with Gasteiger partial charge in [0.15, 0.2) is 0 Å². The molecule has 5 nitrogen and oxygen atoms in total. The summed E-state index contributed by atoms with van der Waals surface area (Å²) in [5, 5.41) is 18.0. The molecule has 6 heteroatoms. The molecule has 0 spiro atoms. The van der Waals surface area contributed by atoms with Crippen LogP contribution in [-0.2, 0) is 16.6 Å². The fourth-order valence-electron chi connectivity index (χ4n) is 2.13. The highest BCUT2D eigenvalue weighted by Gasteiger charge is 2.08. The third-order valence-electron chi connectivity index (χ3n) is 3.21. The molecule has 0 saturated carbocycles. The standard InChI is InChI=1S/C15H18N2O3S/c1-10-6-12(7-11(2)15(10)18)9-17-13-4-3-5-14(8-13)21(16,19)20/h3-8,17-18H,9H2,1-2H3,(H2,16,19,20). The van der Waals surface area contributed by atoms with Crippen molar-refractivity contribution >= 4 is 15.7 Å². The monoisotopic (exact) mass is 306 g/mol. The molecule has 0 radical (unpaired) electrons. The number of rotatable bonds is 4. The highest BCUT2D eigenvalue weighted by Crippen LogP contribution is 2.23. The number of nitrogens with one attached hydrogen (secondary N) is 1. The van der Waals surface area contributed by atoms with Gasteiger partial charge in [0.2, 0.25) is 10.0 Å². The van der Waals surface area contributed by atoms with E-state index < -0.39 is 10.0 Å². The Labute approximate surface area is 124 Å². The van der Waals surface area contributed by atoms with Gasteiger partial charge in [0.25, 0.3) is 0 Å². The number of phenolic OH excluding ortho intramolecular Hbond substituents is 1. The zero-order valence-corrected chi connectivity index (χ0v) is 12.7. The van der Waals surface area contributed by atoms with Crippen molar-refractivity contribution < 1.29 is 13.5 Å². The Morgan fingerprint density at radius 3 is 2.33 bits per heavy atom. The lowest BCUT2D eigenvalue weighted by molar-refractivity contribution is 0.466. The van der Waals surface area contributed by atoms with Crippen molar-refractivity contribution in [2.24, 2.45) is 5.14 Å². The van der Waals surface area contributed by atoms with Crippen LogP contribution in [0.5, 0.6) is 5.75 Å². The van der Waals surface area contributed by atoms with Gasteiger partial charge >= 0.3 is 0 Å². The molecule has 2 aromatic rings. The van der Waals surface area contributed by atoms with Gasteiger partial charge in [-0.2, -0.15) is 0 Å². The van der Waals surface area contributed by atoms with Crippen LogP contribution in [0.3, 0.4) is 0 Å². The molecular weight excluding hydrogens is 288 g/mol. The van der Waals surface area contributed by atoms with E-state index in [1.165, 1.54) is 12.1 Å². The van der Waals surface area contributed by atoms with E-state index in [1.54, 1.807) is 12.1 Å². The summed E-state index contributed by atoms with van der Waals surface area (Å²) < 4.78 is 22.6. The minimum Gasteiger partial charge on any atom is -0.507 e. The van der Waals surface area contributed by atoms with E-state index in [2.05, 4.69) is 5.32 Å². The van der Waals surface area contributed by atoms with Crippen LogP contribution in [0, 0.1) is 13.8 Å². The van der Waals surface area contributed by atoms with Crippen molar-refractivity contribution in [1.29, 1.82) is 0 Å². The Morgan fingerprint density at radius 1 is 1.14 bits per heavy atom. The molecule has 112 valence electrons. The number of anilines is 1. The van der Waals surface area contributed by atoms with E-state index in [0.29, 0.717) is 18.0 Å². The molecule has 0 saturated heterocycles.